The first-order chi connectivity index (χ1) is 5.57. The van der Waals surface area contributed by atoms with Gasteiger partial charge in [-0.15, -0.1) is 0 Å². The van der Waals surface area contributed by atoms with Crippen LogP contribution in [0.5, 0.6) is 5.75 Å². The predicted octanol–water partition coefficient (Wildman–Crippen LogP) is 0.781. The molecule has 5 heteroatoms. The van der Waals surface area contributed by atoms with Crippen molar-refractivity contribution >= 4 is 5.82 Å². The molecule has 0 bridgehead atoms. The summed E-state index contributed by atoms with van der Waals surface area (Å²) in [7, 11) is 1.22. The van der Waals surface area contributed by atoms with Gasteiger partial charge in [0.2, 0.25) is 5.75 Å². The van der Waals surface area contributed by atoms with Crippen molar-refractivity contribution in [3.63, 3.8) is 0 Å². The molecule has 62 valence electrons. The van der Waals surface area contributed by atoms with Gasteiger partial charge >= 0.3 is 5.56 Å². The lowest BCUT2D eigenvalue weighted by Crippen LogP contribution is -2.16. The number of hydrogen-bond donors (Lipinski definition) is 1. The van der Waals surface area contributed by atoms with Gasteiger partial charge in [-0.25, -0.2) is 9.18 Å². The van der Waals surface area contributed by atoms with Crippen LogP contribution in [-0.4, -0.2) is 9.67 Å². The molecule has 0 aliphatic rings. The standard InChI is InChI=1S/C7H5FN2O2/c1-9-6-4(8)3-5(11)7(12)10(6)2/h3,11H,2H3. The van der Waals surface area contributed by atoms with Gasteiger partial charge in [-0.05, 0) is 0 Å². The van der Waals surface area contributed by atoms with E-state index < -0.39 is 22.9 Å². The zero-order chi connectivity index (χ0) is 9.30. The third-order valence-electron chi connectivity index (χ3n) is 1.42. The topological polar surface area (TPSA) is 46.6 Å². The Morgan fingerprint density at radius 3 is 2.83 bits per heavy atom. The van der Waals surface area contributed by atoms with Gasteiger partial charge in [-0.3, -0.25) is 4.57 Å². The second-order valence-corrected chi connectivity index (χ2v) is 2.18. The minimum atomic E-state index is -0.899. The molecule has 0 aromatic carbocycles. The number of nitrogens with zero attached hydrogens (tertiary/aromatic N) is 2. The van der Waals surface area contributed by atoms with Crippen molar-refractivity contribution in [2.24, 2.45) is 7.05 Å². The Labute approximate surface area is 67.3 Å². The van der Waals surface area contributed by atoms with Crippen molar-refractivity contribution in [3.8, 4) is 5.75 Å². The van der Waals surface area contributed by atoms with E-state index in [0.717, 1.165) is 4.57 Å². The van der Waals surface area contributed by atoms with Crippen LogP contribution >= 0.6 is 0 Å². The number of aromatic hydroxyl groups is 1. The Bertz CT molecular complexity index is 417. The normalized spacial score (nSPS) is 9.42. The molecule has 0 spiro atoms. The Morgan fingerprint density at radius 1 is 1.75 bits per heavy atom. The first-order valence-corrected chi connectivity index (χ1v) is 3.04. The number of aromatic nitrogens is 1. The summed E-state index contributed by atoms with van der Waals surface area (Å²) in [6, 6.07) is 0.635. The molecule has 1 aromatic rings. The highest BCUT2D eigenvalue weighted by atomic mass is 19.1. The van der Waals surface area contributed by atoms with Gasteiger partial charge in [-0.2, -0.15) is 0 Å². The molecule has 0 saturated heterocycles. The van der Waals surface area contributed by atoms with Crippen molar-refractivity contribution in [1.82, 2.24) is 4.57 Å². The molecule has 0 atom stereocenters. The number of halogens is 1. The largest absolute Gasteiger partial charge is 0.501 e. The second-order valence-electron chi connectivity index (χ2n) is 2.18. The van der Waals surface area contributed by atoms with Crippen molar-refractivity contribution < 1.29 is 9.50 Å². The van der Waals surface area contributed by atoms with Gasteiger partial charge in [0.25, 0.3) is 5.82 Å². The van der Waals surface area contributed by atoms with Gasteiger partial charge < -0.3 is 9.95 Å². The molecular weight excluding hydrogens is 163 g/mol. The fourth-order valence-electron chi connectivity index (χ4n) is 0.803. The quantitative estimate of drug-likeness (QED) is 0.582. The molecule has 0 fully saturated rings. The van der Waals surface area contributed by atoms with E-state index in [4.69, 9.17) is 11.7 Å². The molecule has 12 heavy (non-hydrogen) atoms. The van der Waals surface area contributed by atoms with E-state index in [1.54, 1.807) is 0 Å². The first kappa shape index (κ1) is 8.27. The third-order valence-corrected chi connectivity index (χ3v) is 1.42. The molecule has 0 unspecified atom stereocenters. The molecule has 1 rings (SSSR count). The monoisotopic (exact) mass is 168 g/mol. The molecule has 0 amide bonds. The fourth-order valence-corrected chi connectivity index (χ4v) is 0.803. The highest BCUT2D eigenvalue weighted by Gasteiger charge is 2.11. The maximum absolute atomic E-state index is 12.8. The summed E-state index contributed by atoms with van der Waals surface area (Å²) in [6.07, 6.45) is 0. The first-order valence-electron chi connectivity index (χ1n) is 3.04. The van der Waals surface area contributed by atoms with Crippen LogP contribution in [0.25, 0.3) is 4.85 Å². The fraction of sp³-hybridized carbons (Fsp3) is 0.143. The van der Waals surface area contributed by atoms with E-state index in [2.05, 4.69) is 4.85 Å². The number of hydrogen-bond acceptors (Lipinski definition) is 2. The minimum absolute atomic E-state index is 0.405. The highest BCUT2D eigenvalue weighted by Crippen LogP contribution is 2.17. The van der Waals surface area contributed by atoms with Crippen LogP contribution < -0.4 is 5.56 Å². The average Bonchev–Trinajstić information content (AvgIpc) is 2.01. The van der Waals surface area contributed by atoms with E-state index in [0.29, 0.717) is 6.07 Å². The molecule has 1 aromatic heterocycles. The smallest absolute Gasteiger partial charge is 0.360 e. The lowest BCUT2D eigenvalue weighted by molar-refractivity contribution is 0.453. The summed E-state index contributed by atoms with van der Waals surface area (Å²) < 4.78 is 13.5. The van der Waals surface area contributed by atoms with Gasteiger partial charge in [0.1, 0.15) is 5.82 Å². The van der Waals surface area contributed by atoms with E-state index in [9.17, 15) is 9.18 Å². The molecule has 1 N–H and O–H groups in total. The van der Waals surface area contributed by atoms with E-state index in [1.807, 2.05) is 0 Å². The summed E-state index contributed by atoms with van der Waals surface area (Å²) in [5.74, 6) is -2.00. The van der Waals surface area contributed by atoms with Gasteiger partial charge in [0.05, 0.1) is 7.05 Å². The zero-order valence-electron chi connectivity index (χ0n) is 6.21. The Hall–Kier alpha value is -1.83. The molecular formula is C7H5FN2O2. The van der Waals surface area contributed by atoms with E-state index >= 15 is 0 Å². The maximum atomic E-state index is 12.8. The highest BCUT2D eigenvalue weighted by molar-refractivity contribution is 5.41. The molecule has 1 heterocycles. The lowest BCUT2D eigenvalue weighted by Gasteiger charge is -2.00. The van der Waals surface area contributed by atoms with Crippen molar-refractivity contribution in [2.45, 2.75) is 0 Å². The Kier molecular flexibility index (Phi) is 1.83. The summed E-state index contributed by atoms with van der Waals surface area (Å²) in [4.78, 5) is 13.7. The van der Waals surface area contributed by atoms with Crippen LogP contribution in [0.1, 0.15) is 0 Å². The molecule has 0 radical (unpaired) electrons. The number of rotatable bonds is 0. The SMILES string of the molecule is [C-]#[N+]c1c(F)cc(O)c(=O)n1C. The lowest BCUT2D eigenvalue weighted by atomic mass is 10.4. The van der Waals surface area contributed by atoms with Crippen molar-refractivity contribution in [1.29, 1.82) is 0 Å². The van der Waals surface area contributed by atoms with Crippen LogP contribution in [0, 0.1) is 12.4 Å². The summed E-state index contributed by atoms with van der Waals surface area (Å²) in [6.45, 7) is 6.54. The van der Waals surface area contributed by atoms with E-state index in [-0.39, 0.29) is 0 Å². The van der Waals surface area contributed by atoms with Crippen LogP contribution in [0.15, 0.2) is 10.9 Å². The number of pyridine rings is 1. The summed E-state index contributed by atoms with van der Waals surface area (Å²) in [5.41, 5.74) is -0.776. The Morgan fingerprint density at radius 2 is 2.33 bits per heavy atom. The van der Waals surface area contributed by atoms with Crippen LogP contribution in [0.3, 0.4) is 0 Å². The average molecular weight is 168 g/mol. The second kappa shape index (κ2) is 2.66. The van der Waals surface area contributed by atoms with Gasteiger partial charge in [0.15, 0.2) is 0 Å². The third kappa shape index (κ3) is 1.03. The predicted molar refractivity (Wildman–Crippen MR) is 39.6 cm³/mol. The van der Waals surface area contributed by atoms with Crippen LogP contribution in [0.4, 0.5) is 10.2 Å². The minimum Gasteiger partial charge on any atom is -0.501 e. The molecule has 0 saturated carbocycles. The van der Waals surface area contributed by atoms with Gasteiger partial charge in [0, 0.05) is 6.07 Å². The maximum Gasteiger partial charge on any atom is 0.360 e. The van der Waals surface area contributed by atoms with Gasteiger partial charge in [-0.1, -0.05) is 6.57 Å². The van der Waals surface area contributed by atoms with Crippen molar-refractivity contribution in [2.75, 3.05) is 0 Å². The molecule has 4 nitrogen and oxygen atoms in total. The zero-order valence-corrected chi connectivity index (χ0v) is 6.21. The van der Waals surface area contributed by atoms with Crippen LogP contribution in [0.2, 0.25) is 0 Å². The molecule has 0 aliphatic heterocycles. The van der Waals surface area contributed by atoms with Crippen molar-refractivity contribution in [3.05, 3.63) is 33.7 Å². The summed E-state index contributed by atoms with van der Waals surface area (Å²) >= 11 is 0. The Balaban J connectivity index is 3.66. The summed E-state index contributed by atoms with van der Waals surface area (Å²) in [5, 5.41) is 8.82. The van der Waals surface area contributed by atoms with Crippen LogP contribution in [-0.2, 0) is 7.05 Å². The molecule has 0 aliphatic carbocycles. The van der Waals surface area contributed by atoms with E-state index in [1.165, 1.54) is 7.05 Å².